The van der Waals surface area contributed by atoms with E-state index in [9.17, 15) is 0 Å². The molecule has 14 heavy (non-hydrogen) atoms. The first-order valence-corrected chi connectivity index (χ1v) is 6.21. The summed E-state index contributed by atoms with van der Waals surface area (Å²) in [7, 11) is 0. The molecule has 0 aromatic carbocycles. The molecule has 0 unspecified atom stereocenters. The summed E-state index contributed by atoms with van der Waals surface area (Å²) in [6, 6.07) is 0. The maximum atomic E-state index is 4.51. The smallest absolute Gasteiger partial charge is 0.107 e. The zero-order valence-corrected chi connectivity index (χ0v) is 9.78. The largest absolute Gasteiger partial charge is 0.310 e. The van der Waals surface area contributed by atoms with Crippen LogP contribution in [0.5, 0.6) is 0 Å². The molecule has 1 fully saturated rings. The Kier molecular flexibility index (Phi) is 3.19. The van der Waals surface area contributed by atoms with Crippen molar-refractivity contribution in [2.75, 3.05) is 6.54 Å². The van der Waals surface area contributed by atoms with E-state index in [0.717, 1.165) is 12.5 Å². The molecule has 1 saturated carbocycles. The molecule has 0 atom stereocenters. The highest BCUT2D eigenvalue weighted by Gasteiger charge is 2.16. The Hall–Kier alpha value is -0.410. The third-order valence-electron chi connectivity index (χ3n) is 3.01. The van der Waals surface area contributed by atoms with Crippen molar-refractivity contribution in [2.24, 2.45) is 5.92 Å². The molecule has 0 bridgehead atoms. The molecule has 1 aliphatic carbocycles. The van der Waals surface area contributed by atoms with Crippen LogP contribution in [0.1, 0.15) is 34.8 Å². The van der Waals surface area contributed by atoms with Crippen LogP contribution >= 0.6 is 11.3 Å². The summed E-state index contributed by atoms with van der Waals surface area (Å²) in [6.07, 6.45) is 4.27. The van der Waals surface area contributed by atoms with Gasteiger partial charge in [0.2, 0.25) is 0 Å². The van der Waals surface area contributed by atoms with Gasteiger partial charge in [0.15, 0.2) is 0 Å². The standard InChI is InChI=1S/C11H18N2S/c1-8-9(2)14-11(13-8)7-12-6-10-4-3-5-10/h10,12H,3-7H2,1-2H3. The number of rotatable bonds is 4. The lowest BCUT2D eigenvalue weighted by Crippen LogP contribution is -2.26. The van der Waals surface area contributed by atoms with Crippen LogP contribution in [0.3, 0.4) is 0 Å². The first-order valence-electron chi connectivity index (χ1n) is 5.39. The Bertz CT molecular complexity index is 283. The quantitative estimate of drug-likeness (QED) is 0.826. The van der Waals surface area contributed by atoms with E-state index < -0.39 is 0 Å². The molecule has 1 N–H and O–H groups in total. The van der Waals surface area contributed by atoms with Gasteiger partial charge in [-0.2, -0.15) is 0 Å². The van der Waals surface area contributed by atoms with Crippen LogP contribution in [0.25, 0.3) is 0 Å². The minimum Gasteiger partial charge on any atom is -0.310 e. The molecule has 3 heteroatoms. The zero-order chi connectivity index (χ0) is 9.97. The van der Waals surface area contributed by atoms with Gasteiger partial charge in [-0.15, -0.1) is 11.3 Å². The second-order valence-electron chi connectivity index (χ2n) is 4.18. The van der Waals surface area contributed by atoms with Gasteiger partial charge in [0.25, 0.3) is 0 Å². The molecule has 0 amide bonds. The molecule has 2 nitrogen and oxygen atoms in total. The summed E-state index contributed by atoms with van der Waals surface area (Å²) in [4.78, 5) is 5.86. The van der Waals surface area contributed by atoms with Crippen LogP contribution in [0.2, 0.25) is 0 Å². The molecular formula is C11H18N2S. The normalized spacial score (nSPS) is 17.0. The van der Waals surface area contributed by atoms with E-state index in [1.54, 1.807) is 0 Å². The molecule has 2 rings (SSSR count). The Morgan fingerprint density at radius 2 is 2.21 bits per heavy atom. The summed E-state index contributed by atoms with van der Waals surface area (Å²) in [5.41, 5.74) is 1.19. The first kappa shape index (κ1) is 10.1. The number of thiazole rings is 1. The molecule has 78 valence electrons. The predicted molar refractivity (Wildman–Crippen MR) is 60.6 cm³/mol. The predicted octanol–water partition coefficient (Wildman–Crippen LogP) is 2.65. The van der Waals surface area contributed by atoms with Crippen molar-refractivity contribution in [1.29, 1.82) is 0 Å². The molecule has 1 aromatic rings. The average molecular weight is 210 g/mol. The van der Waals surface area contributed by atoms with Crippen molar-refractivity contribution >= 4 is 11.3 Å². The van der Waals surface area contributed by atoms with Crippen LogP contribution in [0.4, 0.5) is 0 Å². The highest BCUT2D eigenvalue weighted by atomic mass is 32.1. The summed E-state index contributed by atoms with van der Waals surface area (Å²) in [6.45, 7) is 6.36. The number of aromatic nitrogens is 1. The Morgan fingerprint density at radius 1 is 1.43 bits per heavy atom. The van der Waals surface area contributed by atoms with Gasteiger partial charge in [-0.05, 0) is 39.2 Å². The van der Waals surface area contributed by atoms with Gasteiger partial charge in [0.1, 0.15) is 5.01 Å². The number of nitrogens with one attached hydrogen (secondary N) is 1. The van der Waals surface area contributed by atoms with Gasteiger partial charge in [0.05, 0.1) is 5.69 Å². The Balaban J connectivity index is 1.74. The maximum absolute atomic E-state index is 4.51. The SMILES string of the molecule is Cc1nc(CNCC2CCC2)sc1C. The van der Waals surface area contributed by atoms with E-state index in [2.05, 4.69) is 24.1 Å². The molecule has 0 aliphatic heterocycles. The second-order valence-corrected chi connectivity index (χ2v) is 5.46. The monoisotopic (exact) mass is 210 g/mol. The molecule has 1 heterocycles. The number of nitrogens with zero attached hydrogens (tertiary/aromatic N) is 1. The molecule has 0 radical (unpaired) electrons. The highest BCUT2D eigenvalue weighted by Crippen LogP contribution is 2.25. The fraction of sp³-hybridized carbons (Fsp3) is 0.727. The van der Waals surface area contributed by atoms with E-state index >= 15 is 0 Å². The van der Waals surface area contributed by atoms with E-state index in [1.165, 1.54) is 41.4 Å². The summed E-state index contributed by atoms with van der Waals surface area (Å²) in [5, 5.41) is 4.73. The Labute approximate surface area is 89.8 Å². The van der Waals surface area contributed by atoms with Crippen molar-refractivity contribution < 1.29 is 0 Å². The molecule has 0 spiro atoms. The molecule has 1 aromatic heterocycles. The lowest BCUT2D eigenvalue weighted by atomic mass is 9.85. The van der Waals surface area contributed by atoms with E-state index in [1.807, 2.05) is 11.3 Å². The fourth-order valence-electron chi connectivity index (χ4n) is 1.69. The van der Waals surface area contributed by atoms with Crippen LogP contribution in [-0.2, 0) is 6.54 Å². The number of hydrogen-bond acceptors (Lipinski definition) is 3. The number of aryl methyl sites for hydroxylation is 2. The van der Waals surface area contributed by atoms with Crippen molar-refractivity contribution in [3.05, 3.63) is 15.6 Å². The minimum absolute atomic E-state index is 0.942. The van der Waals surface area contributed by atoms with Crippen molar-refractivity contribution in [2.45, 2.75) is 39.7 Å². The van der Waals surface area contributed by atoms with Crippen LogP contribution in [0, 0.1) is 19.8 Å². The average Bonchev–Trinajstić information content (AvgIpc) is 2.37. The first-order chi connectivity index (χ1) is 6.75. The highest BCUT2D eigenvalue weighted by molar-refractivity contribution is 7.11. The third kappa shape index (κ3) is 2.34. The molecular weight excluding hydrogens is 192 g/mol. The lowest BCUT2D eigenvalue weighted by molar-refractivity contribution is 0.301. The maximum Gasteiger partial charge on any atom is 0.107 e. The van der Waals surface area contributed by atoms with Crippen molar-refractivity contribution in [1.82, 2.24) is 10.3 Å². The van der Waals surface area contributed by atoms with Crippen LogP contribution < -0.4 is 5.32 Å². The summed E-state index contributed by atoms with van der Waals surface area (Å²) >= 11 is 1.82. The minimum atomic E-state index is 0.942. The van der Waals surface area contributed by atoms with Gasteiger partial charge in [0, 0.05) is 11.4 Å². The van der Waals surface area contributed by atoms with Crippen molar-refractivity contribution in [3.8, 4) is 0 Å². The number of hydrogen-bond donors (Lipinski definition) is 1. The lowest BCUT2D eigenvalue weighted by Gasteiger charge is -2.25. The van der Waals surface area contributed by atoms with E-state index in [4.69, 9.17) is 0 Å². The molecule has 1 aliphatic rings. The summed E-state index contributed by atoms with van der Waals surface area (Å²) in [5.74, 6) is 0.942. The van der Waals surface area contributed by atoms with Gasteiger partial charge in [-0.3, -0.25) is 0 Å². The van der Waals surface area contributed by atoms with E-state index in [0.29, 0.717) is 0 Å². The molecule has 0 saturated heterocycles. The van der Waals surface area contributed by atoms with Crippen molar-refractivity contribution in [3.63, 3.8) is 0 Å². The van der Waals surface area contributed by atoms with Gasteiger partial charge in [-0.1, -0.05) is 6.42 Å². The van der Waals surface area contributed by atoms with Gasteiger partial charge < -0.3 is 5.32 Å². The third-order valence-corrected chi connectivity index (χ3v) is 4.08. The zero-order valence-electron chi connectivity index (χ0n) is 8.97. The fourth-order valence-corrected chi connectivity index (χ4v) is 2.60. The summed E-state index contributed by atoms with van der Waals surface area (Å²) < 4.78 is 0. The van der Waals surface area contributed by atoms with Gasteiger partial charge in [-0.25, -0.2) is 4.98 Å². The second kappa shape index (κ2) is 4.41. The van der Waals surface area contributed by atoms with Gasteiger partial charge >= 0.3 is 0 Å². The van der Waals surface area contributed by atoms with Crippen LogP contribution in [0.15, 0.2) is 0 Å². The Morgan fingerprint density at radius 3 is 2.71 bits per heavy atom. The van der Waals surface area contributed by atoms with Crippen LogP contribution in [-0.4, -0.2) is 11.5 Å². The van der Waals surface area contributed by atoms with E-state index in [-0.39, 0.29) is 0 Å². The topological polar surface area (TPSA) is 24.9 Å².